The molecule has 0 aliphatic carbocycles. The van der Waals surface area contributed by atoms with Crippen LogP contribution in [0.5, 0.6) is 11.5 Å². The van der Waals surface area contributed by atoms with Crippen molar-refractivity contribution in [1.82, 2.24) is 0 Å². The van der Waals surface area contributed by atoms with Crippen LogP contribution >= 0.6 is 0 Å². The summed E-state index contributed by atoms with van der Waals surface area (Å²) in [6, 6.07) is 11.2. The molecule has 2 rings (SSSR count). The first kappa shape index (κ1) is 13.5. The Morgan fingerprint density at radius 3 is 2.20 bits per heavy atom. The second-order valence-electron chi connectivity index (χ2n) is 3.89. The quantitative estimate of drug-likeness (QED) is 0.662. The Morgan fingerprint density at radius 1 is 1.05 bits per heavy atom. The second-order valence-corrected chi connectivity index (χ2v) is 3.89. The van der Waals surface area contributed by atoms with Crippen LogP contribution in [0.2, 0.25) is 0 Å². The van der Waals surface area contributed by atoms with Crippen molar-refractivity contribution < 1.29 is 19.7 Å². The Bertz CT molecular complexity index is 630. The monoisotopic (exact) mass is 272 g/mol. The molecule has 0 radical (unpaired) electrons. The van der Waals surface area contributed by atoms with Crippen LogP contribution in [-0.4, -0.2) is 23.3 Å². The molecule has 6 heteroatoms. The van der Waals surface area contributed by atoms with Gasteiger partial charge in [-0.2, -0.15) is 5.11 Å². The average Bonchev–Trinajstić information content (AvgIpc) is 2.46. The van der Waals surface area contributed by atoms with E-state index in [2.05, 4.69) is 15.0 Å². The van der Waals surface area contributed by atoms with Gasteiger partial charge in [0, 0.05) is 0 Å². The maximum absolute atomic E-state index is 11.3. The summed E-state index contributed by atoms with van der Waals surface area (Å²) < 4.78 is 4.50. The van der Waals surface area contributed by atoms with Gasteiger partial charge in [0.15, 0.2) is 5.69 Å². The molecule has 0 amide bonds. The third kappa shape index (κ3) is 2.92. The first-order chi connectivity index (χ1) is 9.61. The third-order valence-corrected chi connectivity index (χ3v) is 2.51. The smallest absolute Gasteiger partial charge is 0.338 e. The highest BCUT2D eigenvalue weighted by Gasteiger charge is 2.14. The van der Waals surface area contributed by atoms with Crippen LogP contribution in [0, 0.1) is 0 Å². The SMILES string of the molecule is COC(=O)c1cc(O)c(/N=N/c2ccccc2)c(O)c1. The van der Waals surface area contributed by atoms with Crippen molar-refractivity contribution in [2.24, 2.45) is 10.2 Å². The summed E-state index contributed by atoms with van der Waals surface area (Å²) >= 11 is 0. The fourth-order valence-corrected chi connectivity index (χ4v) is 1.54. The fourth-order valence-electron chi connectivity index (χ4n) is 1.54. The van der Waals surface area contributed by atoms with Crippen molar-refractivity contribution in [3.05, 3.63) is 48.0 Å². The van der Waals surface area contributed by atoms with Crippen LogP contribution in [0.4, 0.5) is 11.4 Å². The number of carbonyl (C=O) groups excluding carboxylic acids is 1. The lowest BCUT2D eigenvalue weighted by Crippen LogP contribution is -2.00. The topological polar surface area (TPSA) is 91.5 Å². The maximum Gasteiger partial charge on any atom is 0.338 e. The molecule has 2 N–H and O–H groups in total. The van der Waals surface area contributed by atoms with Crippen molar-refractivity contribution in [3.8, 4) is 11.5 Å². The number of hydrogen-bond donors (Lipinski definition) is 2. The number of phenolic OH excluding ortho intramolecular Hbond substituents is 2. The van der Waals surface area contributed by atoms with E-state index in [1.165, 1.54) is 7.11 Å². The fraction of sp³-hybridized carbons (Fsp3) is 0.0714. The number of nitrogens with zero attached hydrogens (tertiary/aromatic N) is 2. The van der Waals surface area contributed by atoms with Crippen LogP contribution in [-0.2, 0) is 4.74 Å². The van der Waals surface area contributed by atoms with Crippen LogP contribution in [0.25, 0.3) is 0 Å². The minimum absolute atomic E-state index is 0.0289. The molecule has 0 fully saturated rings. The Hall–Kier alpha value is -2.89. The lowest BCUT2D eigenvalue weighted by molar-refractivity contribution is 0.0600. The van der Waals surface area contributed by atoms with Gasteiger partial charge in [-0.05, 0) is 24.3 Å². The molecule has 2 aromatic rings. The maximum atomic E-state index is 11.3. The molecule has 0 spiro atoms. The lowest BCUT2D eigenvalue weighted by atomic mass is 10.1. The number of benzene rings is 2. The molecule has 0 saturated carbocycles. The number of methoxy groups -OCH3 is 1. The lowest BCUT2D eigenvalue weighted by Gasteiger charge is -2.04. The number of rotatable bonds is 3. The second kappa shape index (κ2) is 5.83. The van der Waals surface area contributed by atoms with E-state index in [1.54, 1.807) is 24.3 Å². The first-order valence-corrected chi connectivity index (χ1v) is 5.73. The van der Waals surface area contributed by atoms with Crippen LogP contribution in [0.1, 0.15) is 10.4 Å². The summed E-state index contributed by atoms with van der Waals surface area (Å²) in [4.78, 5) is 11.3. The molecule has 0 aromatic heterocycles. The number of esters is 1. The van der Waals surface area contributed by atoms with Crippen LogP contribution in [0.3, 0.4) is 0 Å². The summed E-state index contributed by atoms with van der Waals surface area (Å²) in [7, 11) is 1.21. The van der Waals surface area contributed by atoms with Gasteiger partial charge in [0.2, 0.25) is 0 Å². The highest BCUT2D eigenvalue weighted by molar-refractivity contribution is 5.91. The summed E-state index contributed by atoms with van der Waals surface area (Å²) in [5.41, 5.74) is 0.492. The van der Waals surface area contributed by atoms with Gasteiger partial charge >= 0.3 is 5.97 Å². The van der Waals surface area contributed by atoms with Gasteiger partial charge in [0.25, 0.3) is 0 Å². The van der Waals surface area contributed by atoms with E-state index < -0.39 is 5.97 Å². The Labute approximate surface area is 115 Å². The molecule has 20 heavy (non-hydrogen) atoms. The van der Waals surface area contributed by atoms with Crippen molar-refractivity contribution in [1.29, 1.82) is 0 Å². The zero-order chi connectivity index (χ0) is 14.5. The largest absolute Gasteiger partial charge is 0.505 e. The van der Waals surface area contributed by atoms with Crippen LogP contribution in [0.15, 0.2) is 52.7 Å². The number of phenols is 2. The van der Waals surface area contributed by atoms with Gasteiger partial charge in [-0.1, -0.05) is 18.2 Å². The predicted octanol–water partition coefficient (Wildman–Crippen LogP) is 3.30. The zero-order valence-corrected chi connectivity index (χ0v) is 10.6. The van der Waals surface area contributed by atoms with E-state index in [9.17, 15) is 15.0 Å². The molecule has 0 aliphatic rings. The number of aromatic hydroxyl groups is 2. The molecule has 0 unspecified atom stereocenters. The van der Waals surface area contributed by atoms with E-state index in [-0.39, 0.29) is 22.7 Å². The minimum Gasteiger partial charge on any atom is -0.505 e. The Kier molecular flexibility index (Phi) is 3.95. The van der Waals surface area contributed by atoms with Gasteiger partial charge in [0.05, 0.1) is 18.4 Å². The van der Waals surface area contributed by atoms with E-state index >= 15 is 0 Å². The van der Waals surface area contributed by atoms with Gasteiger partial charge in [-0.3, -0.25) is 0 Å². The van der Waals surface area contributed by atoms with Crippen molar-refractivity contribution in [2.75, 3.05) is 7.11 Å². The van der Waals surface area contributed by atoms with Gasteiger partial charge < -0.3 is 14.9 Å². The number of hydrogen-bond acceptors (Lipinski definition) is 6. The summed E-state index contributed by atoms with van der Waals surface area (Å²) in [5.74, 6) is -1.38. The zero-order valence-electron chi connectivity index (χ0n) is 10.6. The Balaban J connectivity index is 2.34. The Morgan fingerprint density at radius 2 is 1.65 bits per heavy atom. The molecule has 0 saturated heterocycles. The average molecular weight is 272 g/mol. The minimum atomic E-state index is -0.665. The van der Waals surface area contributed by atoms with Crippen LogP contribution < -0.4 is 0 Å². The number of ether oxygens (including phenoxy) is 1. The molecule has 0 bridgehead atoms. The molecule has 0 atom stereocenters. The molecule has 2 aromatic carbocycles. The molecule has 0 heterocycles. The van der Waals surface area contributed by atoms with E-state index in [0.717, 1.165) is 12.1 Å². The molecule has 0 aliphatic heterocycles. The van der Waals surface area contributed by atoms with Crippen molar-refractivity contribution in [3.63, 3.8) is 0 Å². The van der Waals surface area contributed by atoms with Crippen molar-refractivity contribution in [2.45, 2.75) is 0 Å². The third-order valence-electron chi connectivity index (χ3n) is 2.51. The summed E-state index contributed by atoms with van der Waals surface area (Å²) in [5, 5.41) is 27.2. The highest BCUT2D eigenvalue weighted by atomic mass is 16.5. The summed E-state index contributed by atoms with van der Waals surface area (Å²) in [6.45, 7) is 0. The van der Waals surface area contributed by atoms with Crippen molar-refractivity contribution >= 4 is 17.3 Å². The molecular weight excluding hydrogens is 260 g/mol. The van der Waals surface area contributed by atoms with E-state index in [4.69, 9.17) is 0 Å². The van der Waals surface area contributed by atoms with E-state index in [1.807, 2.05) is 6.07 Å². The van der Waals surface area contributed by atoms with Gasteiger partial charge in [0.1, 0.15) is 11.5 Å². The molecule has 6 nitrogen and oxygen atoms in total. The molecular formula is C14H12N2O4. The van der Waals surface area contributed by atoms with Gasteiger partial charge in [-0.15, -0.1) is 5.11 Å². The highest BCUT2D eigenvalue weighted by Crippen LogP contribution is 2.38. The van der Waals surface area contributed by atoms with Gasteiger partial charge in [-0.25, -0.2) is 4.79 Å². The standard InChI is InChI=1S/C14H12N2O4/c1-20-14(19)9-7-11(17)13(12(18)8-9)16-15-10-5-3-2-4-6-10/h2-8,17-18H,1H3/b16-15+. The van der Waals surface area contributed by atoms with E-state index in [0.29, 0.717) is 5.69 Å². The first-order valence-electron chi connectivity index (χ1n) is 5.73. The predicted molar refractivity (Wildman–Crippen MR) is 71.7 cm³/mol. The molecule has 102 valence electrons. The number of carbonyl (C=O) groups is 1. The number of azo groups is 1. The normalized spacial score (nSPS) is 10.7. The summed E-state index contributed by atoms with van der Waals surface area (Å²) in [6.07, 6.45) is 0.